The third-order valence-corrected chi connectivity index (χ3v) is 6.62. The van der Waals surface area contributed by atoms with E-state index in [2.05, 4.69) is 0 Å². The summed E-state index contributed by atoms with van der Waals surface area (Å²) in [5.41, 5.74) is 0.779. The van der Waals surface area contributed by atoms with Crippen LogP contribution in [-0.2, 0) is 16.4 Å². The Labute approximate surface area is 172 Å². The Morgan fingerprint density at radius 1 is 0.900 bits per heavy atom. The van der Waals surface area contributed by atoms with Crippen molar-refractivity contribution in [3.63, 3.8) is 0 Å². The Kier molecular flexibility index (Phi) is 4.99. The molecule has 0 saturated carbocycles. The third-order valence-electron chi connectivity index (χ3n) is 4.87. The van der Waals surface area contributed by atoms with E-state index in [9.17, 15) is 22.0 Å². The van der Waals surface area contributed by atoms with Gasteiger partial charge in [-0.15, -0.1) is 0 Å². The fraction of sp³-hybridized carbons (Fsp3) is 0.0870. The summed E-state index contributed by atoms with van der Waals surface area (Å²) < 4.78 is 55.8. The highest BCUT2D eigenvalue weighted by Crippen LogP contribution is 2.24. The van der Waals surface area contributed by atoms with E-state index in [1.807, 2.05) is 30.3 Å². The molecule has 0 N–H and O–H groups in total. The van der Waals surface area contributed by atoms with Crippen molar-refractivity contribution in [2.24, 2.45) is 0 Å². The van der Waals surface area contributed by atoms with Gasteiger partial charge in [-0.1, -0.05) is 42.5 Å². The number of sulfone groups is 1. The minimum Gasteiger partial charge on any atom is -0.341 e. The molecule has 0 radical (unpaired) electrons. The first-order valence-corrected chi connectivity index (χ1v) is 10.6. The van der Waals surface area contributed by atoms with Crippen LogP contribution in [0.3, 0.4) is 0 Å². The Morgan fingerprint density at radius 2 is 1.60 bits per heavy atom. The van der Waals surface area contributed by atoms with Crippen LogP contribution in [0.4, 0.5) is 8.78 Å². The van der Waals surface area contributed by atoms with E-state index in [0.29, 0.717) is 0 Å². The summed E-state index contributed by atoms with van der Waals surface area (Å²) in [4.78, 5) is 12.5. The van der Waals surface area contributed by atoms with Gasteiger partial charge in [-0.05, 0) is 36.2 Å². The van der Waals surface area contributed by atoms with Crippen LogP contribution < -0.4 is 5.43 Å². The Bertz CT molecular complexity index is 1430. The lowest BCUT2D eigenvalue weighted by molar-refractivity contribution is 0.510. The molecule has 30 heavy (non-hydrogen) atoms. The number of hydrogen-bond donors (Lipinski definition) is 0. The van der Waals surface area contributed by atoms with Crippen molar-refractivity contribution in [1.82, 2.24) is 4.57 Å². The van der Waals surface area contributed by atoms with Gasteiger partial charge in [0.1, 0.15) is 4.90 Å². The van der Waals surface area contributed by atoms with Crippen LogP contribution in [0.1, 0.15) is 11.1 Å². The number of benzene rings is 3. The van der Waals surface area contributed by atoms with Crippen LogP contribution in [-0.4, -0.2) is 13.0 Å². The van der Waals surface area contributed by atoms with E-state index >= 15 is 0 Å². The number of rotatable bonds is 4. The molecule has 0 aliphatic carbocycles. The van der Waals surface area contributed by atoms with Gasteiger partial charge in [0.25, 0.3) is 0 Å². The Hall–Kier alpha value is -3.32. The molecule has 0 atom stereocenters. The van der Waals surface area contributed by atoms with E-state index in [-0.39, 0.29) is 22.3 Å². The number of aryl methyl sites for hydroxylation is 1. The smallest absolute Gasteiger partial charge is 0.211 e. The monoisotopic (exact) mass is 425 g/mol. The fourth-order valence-corrected chi connectivity index (χ4v) is 4.84. The summed E-state index contributed by atoms with van der Waals surface area (Å²) in [7, 11) is -4.17. The normalized spacial score (nSPS) is 11.7. The quantitative estimate of drug-likeness (QED) is 0.485. The van der Waals surface area contributed by atoms with Crippen LogP contribution >= 0.6 is 0 Å². The lowest BCUT2D eigenvalue weighted by atomic mass is 10.1. The summed E-state index contributed by atoms with van der Waals surface area (Å²) in [6.07, 6.45) is 1.20. The first-order valence-electron chi connectivity index (χ1n) is 9.15. The maximum absolute atomic E-state index is 13.9. The van der Waals surface area contributed by atoms with E-state index in [0.717, 1.165) is 23.3 Å². The summed E-state index contributed by atoms with van der Waals surface area (Å²) in [6.45, 7) is 1.92. The number of aromatic nitrogens is 1. The molecule has 0 amide bonds. The molecule has 0 bridgehead atoms. The van der Waals surface area contributed by atoms with Crippen LogP contribution in [0.15, 0.2) is 87.5 Å². The molecule has 4 aromatic rings. The van der Waals surface area contributed by atoms with E-state index in [1.165, 1.54) is 22.9 Å². The van der Waals surface area contributed by atoms with Gasteiger partial charge in [0.15, 0.2) is 11.6 Å². The molecule has 4 rings (SSSR count). The summed E-state index contributed by atoms with van der Waals surface area (Å²) in [5.74, 6) is -2.33. The standard InChI is InChI=1S/C23H17F2NO3S/c1-15-6-5-9-17(10-15)30(28,29)22-14-26(13-16-7-3-2-4-8-16)21-12-20(25)19(24)11-18(21)23(22)27/h2-12,14H,13H2,1H3. The lowest BCUT2D eigenvalue weighted by Gasteiger charge is -2.15. The van der Waals surface area contributed by atoms with Crippen LogP contribution in [0.2, 0.25) is 0 Å². The molecule has 0 fully saturated rings. The van der Waals surface area contributed by atoms with E-state index < -0.39 is 31.8 Å². The van der Waals surface area contributed by atoms with Gasteiger partial charge < -0.3 is 4.57 Å². The van der Waals surface area contributed by atoms with Crippen molar-refractivity contribution in [3.8, 4) is 0 Å². The van der Waals surface area contributed by atoms with E-state index in [4.69, 9.17) is 0 Å². The van der Waals surface area contributed by atoms with Gasteiger partial charge in [0.05, 0.1) is 15.8 Å². The first kappa shape index (κ1) is 20.0. The Balaban J connectivity index is 2.02. The second-order valence-corrected chi connectivity index (χ2v) is 8.96. The van der Waals surface area contributed by atoms with Gasteiger partial charge in [-0.2, -0.15) is 0 Å². The minimum absolute atomic E-state index is 0.0344. The van der Waals surface area contributed by atoms with Crippen molar-refractivity contribution in [2.45, 2.75) is 23.3 Å². The molecule has 4 nitrogen and oxygen atoms in total. The van der Waals surface area contributed by atoms with Crippen molar-refractivity contribution < 1.29 is 17.2 Å². The SMILES string of the molecule is Cc1cccc(S(=O)(=O)c2cn(Cc3ccccc3)c3cc(F)c(F)cc3c2=O)c1. The first-order chi connectivity index (χ1) is 14.3. The number of halogens is 2. The molecule has 0 aliphatic heterocycles. The average molecular weight is 425 g/mol. The van der Waals surface area contributed by atoms with Crippen LogP contribution in [0, 0.1) is 18.6 Å². The van der Waals surface area contributed by atoms with Gasteiger partial charge in [0.2, 0.25) is 15.3 Å². The molecule has 3 aromatic carbocycles. The Morgan fingerprint density at radius 3 is 2.30 bits per heavy atom. The van der Waals surface area contributed by atoms with Crippen molar-refractivity contribution in [2.75, 3.05) is 0 Å². The third kappa shape index (κ3) is 3.52. The highest BCUT2D eigenvalue weighted by Gasteiger charge is 2.25. The zero-order valence-electron chi connectivity index (χ0n) is 16.0. The zero-order chi connectivity index (χ0) is 21.5. The second-order valence-electron chi connectivity index (χ2n) is 7.04. The average Bonchev–Trinajstić information content (AvgIpc) is 2.72. The molecule has 0 unspecified atom stereocenters. The molecule has 0 saturated heterocycles. The zero-order valence-corrected chi connectivity index (χ0v) is 16.8. The minimum atomic E-state index is -4.17. The largest absolute Gasteiger partial charge is 0.341 e. The van der Waals surface area contributed by atoms with Crippen molar-refractivity contribution >= 4 is 20.7 Å². The van der Waals surface area contributed by atoms with Crippen molar-refractivity contribution in [3.05, 3.63) is 106 Å². The van der Waals surface area contributed by atoms with Gasteiger partial charge >= 0.3 is 0 Å². The molecule has 1 heterocycles. The highest BCUT2D eigenvalue weighted by molar-refractivity contribution is 7.91. The summed E-state index contributed by atoms with van der Waals surface area (Å²) >= 11 is 0. The molecule has 152 valence electrons. The van der Waals surface area contributed by atoms with Crippen LogP contribution in [0.25, 0.3) is 10.9 Å². The fourth-order valence-electron chi connectivity index (χ4n) is 3.37. The highest BCUT2D eigenvalue weighted by atomic mass is 32.2. The molecule has 0 spiro atoms. The summed E-state index contributed by atoms with van der Waals surface area (Å²) in [5, 5.41) is -0.196. The molecular weight excluding hydrogens is 408 g/mol. The molecular formula is C23H17F2NO3S. The van der Waals surface area contributed by atoms with E-state index in [1.54, 1.807) is 19.1 Å². The van der Waals surface area contributed by atoms with Gasteiger partial charge in [0, 0.05) is 18.8 Å². The topological polar surface area (TPSA) is 56.1 Å². The maximum atomic E-state index is 13.9. The lowest BCUT2D eigenvalue weighted by Crippen LogP contribution is -2.20. The molecule has 1 aromatic heterocycles. The second kappa shape index (κ2) is 7.50. The predicted octanol–water partition coefficient (Wildman–Crippen LogP) is 4.47. The number of hydrogen-bond acceptors (Lipinski definition) is 3. The number of fused-ring (bicyclic) bond motifs is 1. The molecule has 7 heteroatoms. The summed E-state index contributed by atoms with van der Waals surface area (Å²) in [6, 6.07) is 16.9. The number of nitrogens with zero attached hydrogens (tertiary/aromatic N) is 1. The van der Waals surface area contributed by atoms with Crippen molar-refractivity contribution in [1.29, 1.82) is 0 Å². The number of pyridine rings is 1. The van der Waals surface area contributed by atoms with Crippen LogP contribution in [0.5, 0.6) is 0 Å². The molecule has 0 aliphatic rings. The maximum Gasteiger partial charge on any atom is 0.211 e. The predicted molar refractivity (Wildman–Crippen MR) is 110 cm³/mol. The van der Waals surface area contributed by atoms with Gasteiger partial charge in [-0.25, -0.2) is 17.2 Å². The van der Waals surface area contributed by atoms with Gasteiger partial charge in [-0.3, -0.25) is 4.79 Å².